The molecule has 2 aliphatic rings. The summed E-state index contributed by atoms with van der Waals surface area (Å²) in [6.45, 7) is 8.07. The van der Waals surface area contributed by atoms with Crippen molar-refractivity contribution in [3.05, 3.63) is 88.9 Å². The summed E-state index contributed by atoms with van der Waals surface area (Å²) in [5.74, 6) is -0.782. The number of hydrogen-bond donors (Lipinski definition) is 2. The summed E-state index contributed by atoms with van der Waals surface area (Å²) in [4.78, 5) is 16.5. The number of nitrogens with zero attached hydrogens (tertiary/aromatic N) is 1. The Morgan fingerprint density at radius 2 is 1.66 bits per heavy atom. The van der Waals surface area contributed by atoms with Crippen LogP contribution in [0.4, 0.5) is 14.9 Å². The number of fused-ring (bicyclic) bond motifs is 3. The fourth-order valence-electron chi connectivity index (χ4n) is 4.80. The van der Waals surface area contributed by atoms with Gasteiger partial charge in [0.05, 0.1) is 16.9 Å². The van der Waals surface area contributed by atoms with E-state index in [1.165, 1.54) is 12.3 Å². The molecule has 1 fully saturated rings. The Hall–Kier alpha value is -3.69. The van der Waals surface area contributed by atoms with Gasteiger partial charge in [-0.25, -0.2) is 9.78 Å². The molecule has 5 rings (SSSR count). The zero-order valence-electron chi connectivity index (χ0n) is 22.0. The number of pyridine rings is 1. The molecule has 1 aliphatic heterocycles. The highest BCUT2D eigenvalue weighted by atomic mass is 19.1. The Morgan fingerprint density at radius 3 is 2.24 bits per heavy atom. The molecular weight excluding hydrogens is 484 g/mol. The smallest absolute Gasteiger partial charge is 0.449 e. The summed E-state index contributed by atoms with van der Waals surface area (Å²) in [5.41, 5.74) is 10.2. The number of carbonyl (C=O) groups is 1. The monoisotopic (exact) mass is 515 g/mol. The molecule has 3 aromatic rings. The van der Waals surface area contributed by atoms with Crippen molar-refractivity contribution in [2.45, 2.75) is 44.8 Å². The summed E-state index contributed by atoms with van der Waals surface area (Å²) < 4.78 is 31.7. The molecule has 0 atom stereocenters. The summed E-state index contributed by atoms with van der Waals surface area (Å²) in [6, 6.07) is 17.8. The van der Waals surface area contributed by atoms with Crippen molar-refractivity contribution in [2.24, 2.45) is 0 Å². The zero-order valence-corrected chi connectivity index (χ0v) is 22.0. The third-order valence-corrected chi connectivity index (χ3v) is 7.58. The maximum atomic E-state index is 13.6. The number of ether oxygens (including phenoxy) is 1. The lowest BCUT2D eigenvalue weighted by atomic mass is 9.77. The van der Waals surface area contributed by atoms with Gasteiger partial charge in [-0.2, -0.15) is 4.39 Å². The number of nitrogens with one attached hydrogen (secondary N) is 1. The van der Waals surface area contributed by atoms with Crippen molar-refractivity contribution in [1.82, 2.24) is 10.3 Å². The number of anilines is 1. The Balaban J connectivity index is 1.30. The van der Waals surface area contributed by atoms with E-state index in [1.54, 1.807) is 6.08 Å². The molecule has 1 aliphatic carbocycles. The van der Waals surface area contributed by atoms with Gasteiger partial charge in [0.15, 0.2) is 0 Å². The molecule has 0 bridgehead atoms. The van der Waals surface area contributed by atoms with E-state index in [1.807, 2.05) is 52.0 Å². The zero-order chi connectivity index (χ0) is 27.1. The Labute approximate surface area is 222 Å². The van der Waals surface area contributed by atoms with Crippen LogP contribution in [-0.4, -0.2) is 42.5 Å². The highest BCUT2D eigenvalue weighted by Crippen LogP contribution is 2.44. The van der Waals surface area contributed by atoms with Crippen LogP contribution in [0, 0.1) is 5.95 Å². The maximum absolute atomic E-state index is 13.6. The van der Waals surface area contributed by atoms with Crippen LogP contribution in [0.1, 0.15) is 50.3 Å². The number of nitrogens with two attached hydrogens (primary N) is 1. The molecule has 38 heavy (non-hydrogen) atoms. The highest BCUT2D eigenvalue weighted by Gasteiger charge is 2.52. The average molecular weight is 515 g/mol. The van der Waals surface area contributed by atoms with Gasteiger partial charge in [-0.05, 0) is 67.1 Å². The van der Waals surface area contributed by atoms with Crippen LogP contribution >= 0.6 is 0 Å². The lowest BCUT2D eigenvalue weighted by Gasteiger charge is -2.32. The van der Waals surface area contributed by atoms with Gasteiger partial charge >= 0.3 is 13.2 Å². The molecule has 1 saturated heterocycles. The molecule has 0 saturated carbocycles. The van der Waals surface area contributed by atoms with Gasteiger partial charge in [0.1, 0.15) is 6.61 Å². The van der Waals surface area contributed by atoms with Crippen LogP contribution < -0.4 is 11.1 Å². The second-order valence-electron chi connectivity index (χ2n) is 10.6. The molecule has 1 aromatic heterocycles. The number of amides is 1. The quantitative estimate of drug-likeness (QED) is 0.339. The van der Waals surface area contributed by atoms with Crippen molar-refractivity contribution in [1.29, 1.82) is 0 Å². The molecule has 7 nitrogen and oxygen atoms in total. The number of halogens is 1. The fourth-order valence-corrected chi connectivity index (χ4v) is 4.80. The average Bonchev–Trinajstić information content (AvgIpc) is 3.31. The van der Waals surface area contributed by atoms with E-state index in [0.717, 1.165) is 22.3 Å². The number of alkyl carbamates (subject to hydrolysis) is 1. The molecule has 2 aromatic carbocycles. The van der Waals surface area contributed by atoms with Gasteiger partial charge in [0.25, 0.3) is 0 Å². The third kappa shape index (κ3) is 4.91. The van der Waals surface area contributed by atoms with E-state index in [-0.39, 0.29) is 24.8 Å². The predicted octanol–water partition coefficient (Wildman–Crippen LogP) is 5.36. The van der Waals surface area contributed by atoms with E-state index in [9.17, 15) is 9.18 Å². The van der Waals surface area contributed by atoms with Gasteiger partial charge in [-0.3, -0.25) is 0 Å². The second kappa shape index (κ2) is 9.89. The number of benzene rings is 2. The summed E-state index contributed by atoms with van der Waals surface area (Å²) >= 11 is 0. The topological polar surface area (TPSA) is 95.7 Å². The van der Waals surface area contributed by atoms with Gasteiger partial charge in [0, 0.05) is 18.7 Å². The largest absolute Gasteiger partial charge is 0.492 e. The van der Waals surface area contributed by atoms with E-state index < -0.39 is 30.4 Å². The molecule has 0 unspecified atom stereocenters. The fraction of sp³-hybridized carbons (Fsp3) is 0.310. The standard InChI is InChI=1S/C29H31BFN3O4/c1-28(2)29(3,4)38-30(37-28)19(13-18-14-25(32)26(31)33-15-18)16-34-27(35)36-17-24-22-11-7-5-9-20(22)21-10-6-8-12-23(21)24/h5-15,24H,16-17,32H2,1-4H3,(H,34,35). The first-order valence-electron chi connectivity index (χ1n) is 12.6. The number of rotatable bonds is 6. The van der Waals surface area contributed by atoms with Crippen molar-refractivity contribution in [3.63, 3.8) is 0 Å². The van der Waals surface area contributed by atoms with Crippen molar-refractivity contribution in [2.75, 3.05) is 18.9 Å². The van der Waals surface area contributed by atoms with Crippen molar-refractivity contribution >= 4 is 25.0 Å². The van der Waals surface area contributed by atoms with E-state index in [2.05, 4.69) is 34.6 Å². The Morgan fingerprint density at radius 1 is 1.08 bits per heavy atom. The maximum Gasteiger partial charge on any atom is 0.492 e. The molecular formula is C29H31BFN3O4. The van der Waals surface area contributed by atoms with Crippen LogP contribution in [0.3, 0.4) is 0 Å². The van der Waals surface area contributed by atoms with E-state index >= 15 is 0 Å². The van der Waals surface area contributed by atoms with Crippen LogP contribution in [0.2, 0.25) is 0 Å². The van der Waals surface area contributed by atoms with Crippen LogP contribution in [0.15, 0.2) is 66.3 Å². The SMILES string of the molecule is CC1(C)OB(C(=Cc2cnc(F)c(N)c2)CNC(=O)OCC2c3ccccc3-c3ccccc32)OC1(C)C. The minimum absolute atomic E-state index is 0.0421. The molecule has 3 N–H and O–H groups in total. The minimum Gasteiger partial charge on any atom is -0.449 e. The van der Waals surface area contributed by atoms with E-state index in [0.29, 0.717) is 11.0 Å². The van der Waals surface area contributed by atoms with Crippen molar-refractivity contribution in [3.8, 4) is 11.1 Å². The first-order chi connectivity index (χ1) is 18.1. The summed E-state index contributed by atoms with van der Waals surface area (Å²) in [7, 11) is -0.736. The summed E-state index contributed by atoms with van der Waals surface area (Å²) in [5, 5.41) is 2.82. The third-order valence-electron chi connectivity index (χ3n) is 7.58. The lowest BCUT2D eigenvalue weighted by molar-refractivity contribution is 0.00578. The Kier molecular flexibility index (Phi) is 6.75. The predicted molar refractivity (Wildman–Crippen MR) is 146 cm³/mol. The van der Waals surface area contributed by atoms with Gasteiger partial charge in [-0.1, -0.05) is 54.6 Å². The second-order valence-corrected chi connectivity index (χ2v) is 10.6. The number of aromatic nitrogens is 1. The number of hydrogen-bond acceptors (Lipinski definition) is 6. The van der Waals surface area contributed by atoms with E-state index in [4.69, 9.17) is 19.8 Å². The minimum atomic E-state index is -0.740. The van der Waals surface area contributed by atoms with Gasteiger partial charge in [-0.15, -0.1) is 0 Å². The first kappa shape index (κ1) is 25.9. The van der Waals surface area contributed by atoms with Crippen LogP contribution in [-0.2, 0) is 14.0 Å². The molecule has 9 heteroatoms. The number of carbonyl (C=O) groups excluding carboxylic acids is 1. The van der Waals surface area contributed by atoms with Gasteiger partial charge in [0.2, 0.25) is 5.95 Å². The molecule has 0 spiro atoms. The van der Waals surface area contributed by atoms with Crippen LogP contribution in [0.25, 0.3) is 17.2 Å². The lowest BCUT2D eigenvalue weighted by Crippen LogP contribution is -2.41. The molecule has 2 heterocycles. The molecule has 0 radical (unpaired) electrons. The number of nitrogen functional groups attached to an aromatic ring is 1. The normalized spacial score (nSPS) is 17.7. The van der Waals surface area contributed by atoms with Crippen molar-refractivity contribution < 1.29 is 23.2 Å². The van der Waals surface area contributed by atoms with Crippen LogP contribution in [0.5, 0.6) is 0 Å². The molecule has 196 valence electrons. The Bertz CT molecular complexity index is 1350. The summed E-state index contributed by atoms with van der Waals surface area (Å²) in [6.07, 6.45) is 2.53. The highest BCUT2D eigenvalue weighted by molar-refractivity contribution is 6.56. The first-order valence-corrected chi connectivity index (χ1v) is 12.6. The molecule has 1 amide bonds. The van der Waals surface area contributed by atoms with Gasteiger partial charge < -0.3 is 25.1 Å².